The molecule has 1 atom stereocenters. The molecule has 1 heterocycles. The molecular formula is C10H11NO2. The van der Waals surface area contributed by atoms with Crippen LogP contribution in [0.5, 0.6) is 5.75 Å². The summed E-state index contributed by atoms with van der Waals surface area (Å²) in [5.41, 5.74) is 1.21. The molecule has 0 aliphatic heterocycles. The maximum Gasteiger partial charge on any atom is 0.137 e. The third-order valence-corrected chi connectivity index (χ3v) is 1.87. The molecule has 68 valence electrons. The van der Waals surface area contributed by atoms with E-state index in [-0.39, 0.29) is 18.3 Å². The van der Waals surface area contributed by atoms with E-state index in [4.69, 9.17) is 11.5 Å². The molecule has 0 saturated heterocycles. The van der Waals surface area contributed by atoms with Crippen LogP contribution in [0.25, 0.3) is 0 Å². The van der Waals surface area contributed by atoms with Crippen LogP contribution in [0, 0.1) is 19.3 Å². The maximum atomic E-state index is 9.33. The van der Waals surface area contributed by atoms with Gasteiger partial charge in [-0.15, -0.1) is 6.42 Å². The van der Waals surface area contributed by atoms with Crippen molar-refractivity contribution < 1.29 is 10.2 Å². The monoisotopic (exact) mass is 177 g/mol. The molecule has 1 unspecified atom stereocenters. The summed E-state index contributed by atoms with van der Waals surface area (Å²) in [7, 11) is 0. The van der Waals surface area contributed by atoms with Gasteiger partial charge in [-0.1, -0.05) is 5.92 Å². The van der Waals surface area contributed by atoms with Gasteiger partial charge in [0.2, 0.25) is 0 Å². The molecule has 1 aromatic rings. The Morgan fingerprint density at radius 2 is 2.38 bits per heavy atom. The minimum atomic E-state index is -0.390. The predicted molar refractivity (Wildman–Crippen MR) is 49.3 cm³/mol. The average molecular weight is 177 g/mol. The van der Waals surface area contributed by atoms with Crippen molar-refractivity contribution in [3.63, 3.8) is 0 Å². The summed E-state index contributed by atoms with van der Waals surface area (Å²) in [5.74, 6) is 2.13. The molecule has 1 aromatic heterocycles. The van der Waals surface area contributed by atoms with Crippen LogP contribution in [-0.2, 0) is 0 Å². The van der Waals surface area contributed by atoms with Gasteiger partial charge in [0.15, 0.2) is 0 Å². The van der Waals surface area contributed by atoms with Gasteiger partial charge in [0.25, 0.3) is 0 Å². The standard InChI is InChI=1S/C10H11NO2/c1-3-8(6-12)9-4-10(13)7(2)11-5-9/h1,4-5,8,12-13H,6H2,2H3. The van der Waals surface area contributed by atoms with Crippen molar-refractivity contribution in [1.29, 1.82) is 0 Å². The minimum Gasteiger partial charge on any atom is -0.506 e. The van der Waals surface area contributed by atoms with Crippen molar-refractivity contribution in [2.45, 2.75) is 12.8 Å². The molecule has 0 spiro atoms. The summed E-state index contributed by atoms with van der Waals surface area (Å²) in [6.07, 6.45) is 6.75. The molecule has 3 heteroatoms. The van der Waals surface area contributed by atoms with Crippen LogP contribution >= 0.6 is 0 Å². The predicted octanol–water partition coefficient (Wildman–Crippen LogP) is 0.805. The number of hydrogen-bond donors (Lipinski definition) is 2. The summed E-state index contributed by atoms with van der Waals surface area (Å²) in [6.45, 7) is 1.56. The third kappa shape index (κ3) is 1.98. The Kier molecular flexibility index (Phi) is 2.88. The van der Waals surface area contributed by atoms with E-state index in [0.29, 0.717) is 11.3 Å². The lowest BCUT2D eigenvalue weighted by molar-refractivity contribution is 0.286. The molecule has 0 aliphatic rings. The normalized spacial score (nSPS) is 12.1. The van der Waals surface area contributed by atoms with Crippen molar-refractivity contribution in [2.75, 3.05) is 6.61 Å². The van der Waals surface area contributed by atoms with Gasteiger partial charge in [-0.3, -0.25) is 4.98 Å². The fourth-order valence-electron chi connectivity index (χ4n) is 0.982. The number of terminal acetylenes is 1. The van der Waals surface area contributed by atoms with Gasteiger partial charge < -0.3 is 10.2 Å². The average Bonchev–Trinajstić information content (AvgIpc) is 2.13. The third-order valence-electron chi connectivity index (χ3n) is 1.87. The first-order chi connectivity index (χ1) is 6.19. The molecule has 13 heavy (non-hydrogen) atoms. The molecule has 0 aliphatic carbocycles. The number of rotatable bonds is 2. The fourth-order valence-corrected chi connectivity index (χ4v) is 0.982. The smallest absolute Gasteiger partial charge is 0.137 e. The van der Waals surface area contributed by atoms with E-state index in [1.807, 2.05) is 0 Å². The van der Waals surface area contributed by atoms with Gasteiger partial charge in [-0.05, 0) is 18.6 Å². The topological polar surface area (TPSA) is 53.4 Å². The van der Waals surface area contributed by atoms with Crippen LogP contribution in [0.1, 0.15) is 17.2 Å². The van der Waals surface area contributed by atoms with Crippen molar-refractivity contribution in [2.24, 2.45) is 0 Å². The van der Waals surface area contributed by atoms with Crippen LogP contribution < -0.4 is 0 Å². The lowest BCUT2D eigenvalue weighted by Crippen LogP contribution is -2.01. The van der Waals surface area contributed by atoms with Crippen LogP contribution in [0.15, 0.2) is 12.3 Å². The molecule has 0 bridgehead atoms. The van der Waals surface area contributed by atoms with E-state index in [0.717, 1.165) is 0 Å². The Morgan fingerprint density at radius 1 is 1.69 bits per heavy atom. The number of aromatic hydroxyl groups is 1. The highest BCUT2D eigenvalue weighted by Crippen LogP contribution is 2.20. The van der Waals surface area contributed by atoms with Crippen molar-refractivity contribution in [1.82, 2.24) is 4.98 Å². The van der Waals surface area contributed by atoms with Gasteiger partial charge in [0.05, 0.1) is 18.2 Å². The zero-order chi connectivity index (χ0) is 9.84. The van der Waals surface area contributed by atoms with E-state index >= 15 is 0 Å². The molecule has 0 radical (unpaired) electrons. The maximum absolute atomic E-state index is 9.33. The Hall–Kier alpha value is -1.53. The number of hydrogen-bond acceptors (Lipinski definition) is 3. The van der Waals surface area contributed by atoms with Crippen LogP contribution in [0.4, 0.5) is 0 Å². The van der Waals surface area contributed by atoms with E-state index in [1.54, 1.807) is 13.1 Å². The largest absolute Gasteiger partial charge is 0.506 e. The molecular weight excluding hydrogens is 166 g/mol. The summed E-state index contributed by atoms with van der Waals surface area (Å²) in [4.78, 5) is 3.94. The number of aliphatic hydroxyl groups excluding tert-OH is 1. The number of aryl methyl sites for hydroxylation is 1. The number of pyridine rings is 1. The Morgan fingerprint density at radius 3 is 2.85 bits per heavy atom. The summed E-state index contributed by atoms with van der Waals surface area (Å²) in [5, 5.41) is 18.2. The van der Waals surface area contributed by atoms with Gasteiger partial charge in [0, 0.05) is 6.20 Å². The van der Waals surface area contributed by atoms with Crippen LogP contribution in [0.2, 0.25) is 0 Å². The molecule has 2 N–H and O–H groups in total. The Balaban J connectivity index is 3.04. The zero-order valence-electron chi connectivity index (χ0n) is 7.36. The van der Waals surface area contributed by atoms with Crippen LogP contribution in [0.3, 0.4) is 0 Å². The Labute approximate surface area is 77.1 Å². The van der Waals surface area contributed by atoms with Crippen molar-refractivity contribution in [3.8, 4) is 18.1 Å². The Bertz CT molecular complexity index is 341. The van der Waals surface area contributed by atoms with Gasteiger partial charge in [-0.25, -0.2) is 0 Å². The molecule has 0 amide bonds. The zero-order valence-corrected chi connectivity index (χ0v) is 7.36. The van der Waals surface area contributed by atoms with E-state index in [9.17, 15) is 5.11 Å². The second-order valence-electron chi connectivity index (χ2n) is 2.78. The van der Waals surface area contributed by atoms with E-state index in [2.05, 4.69) is 10.9 Å². The molecule has 0 aromatic carbocycles. The second-order valence-corrected chi connectivity index (χ2v) is 2.78. The molecule has 0 saturated carbocycles. The molecule has 3 nitrogen and oxygen atoms in total. The number of aliphatic hydroxyl groups is 1. The number of aromatic nitrogens is 1. The first-order valence-corrected chi connectivity index (χ1v) is 3.91. The first kappa shape index (κ1) is 9.56. The van der Waals surface area contributed by atoms with Gasteiger partial charge in [0.1, 0.15) is 5.75 Å². The highest BCUT2D eigenvalue weighted by atomic mass is 16.3. The van der Waals surface area contributed by atoms with Crippen molar-refractivity contribution >= 4 is 0 Å². The van der Waals surface area contributed by atoms with E-state index < -0.39 is 0 Å². The van der Waals surface area contributed by atoms with Crippen molar-refractivity contribution in [3.05, 3.63) is 23.5 Å². The molecule has 0 fully saturated rings. The minimum absolute atomic E-state index is 0.103. The van der Waals surface area contributed by atoms with Gasteiger partial charge in [-0.2, -0.15) is 0 Å². The lowest BCUT2D eigenvalue weighted by Gasteiger charge is -2.07. The highest BCUT2D eigenvalue weighted by Gasteiger charge is 2.08. The SMILES string of the molecule is C#CC(CO)c1cnc(C)c(O)c1. The first-order valence-electron chi connectivity index (χ1n) is 3.91. The highest BCUT2D eigenvalue weighted by molar-refractivity contribution is 5.34. The summed E-state index contributed by atoms with van der Waals surface area (Å²) < 4.78 is 0. The summed E-state index contributed by atoms with van der Waals surface area (Å²) >= 11 is 0. The quantitative estimate of drug-likeness (QED) is 0.657. The lowest BCUT2D eigenvalue weighted by atomic mass is 10.0. The van der Waals surface area contributed by atoms with E-state index in [1.165, 1.54) is 6.07 Å². The van der Waals surface area contributed by atoms with Gasteiger partial charge >= 0.3 is 0 Å². The fraction of sp³-hybridized carbons (Fsp3) is 0.300. The second kappa shape index (κ2) is 3.92. The summed E-state index contributed by atoms with van der Waals surface area (Å²) in [6, 6.07) is 1.53. The van der Waals surface area contributed by atoms with Crippen LogP contribution in [-0.4, -0.2) is 21.8 Å². The number of nitrogens with zero attached hydrogens (tertiary/aromatic N) is 1. The molecule has 1 rings (SSSR count).